The molecule has 110 valence electrons. The number of hydrogen-bond acceptors (Lipinski definition) is 2. The summed E-state index contributed by atoms with van der Waals surface area (Å²) in [6.45, 7) is 11.2. The van der Waals surface area contributed by atoms with E-state index in [1.54, 1.807) is 0 Å². The predicted molar refractivity (Wildman–Crippen MR) is 95.6 cm³/mol. The van der Waals surface area contributed by atoms with E-state index in [0.29, 0.717) is 0 Å². The van der Waals surface area contributed by atoms with Gasteiger partial charge in [0.25, 0.3) is 0 Å². The highest BCUT2D eigenvalue weighted by atomic mass is 127. The van der Waals surface area contributed by atoms with Gasteiger partial charge >= 0.3 is 0 Å². The Labute approximate surface area is 136 Å². The van der Waals surface area contributed by atoms with Crippen LogP contribution in [0.1, 0.15) is 32.4 Å². The highest BCUT2D eigenvalue weighted by molar-refractivity contribution is 14.1. The number of aryl methyl sites for hydroxylation is 1. The summed E-state index contributed by atoms with van der Waals surface area (Å²) in [6, 6.07) is 6.59. The highest BCUT2D eigenvalue weighted by Crippen LogP contribution is 2.38. The zero-order chi connectivity index (χ0) is 15.1. The van der Waals surface area contributed by atoms with E-state index in [2.05, 4.69) is 79.8 Å². The molecule has 2 aromatic rings. The Balaban J connectivity index is 2.51. The lowest BCUT2D eigenvalue weighted by molar-refractivity contribution is 0.0867. The molecule has 0 saturated carbocycles. The van der Waals surface area contributed by atoms with Gasteiger partial charge in [0.05, 0.1) is 11.6 Å². The van der Waals surface area contributed by atoms with Crippen LogP contribution in [0, 0.1) is 9.12 Å². The molecule has 0 amide bonds. The SMILES string of the molecule is Cn1nc(I)c2cc(C(O[SiH](C)C)C(C)(C)C)ccc21. The van der Waals surface area contributed by atoms with Crippen molar-refractivity contribution in [3.63, 3.8) is 0 Å². The maximum atomic E-state index is 6.31. The van der Waals surface area contributed by atoms with Crippen molar-refractivity contribution in [2.75, 3.05) is 0 Å². The molecule has 20 heavy (non-hydrogen) atoms. The number of rotatable bonds is 3. The molecule has 0 radical (unpaired) electrons. The number of benzene rings is 1. The van der Waals surface area contributed by atoms with Gasteiger partial charge in [-0.1, -0.05) is 26.8 Å². The van der Waals surface area contributed by atoms with Gasteiger partial charge in [0.2, 0.25) is 0 Å². The molecule has 0 saturated heterocycles. The summed E-state index contributed by atoms with van der Waals surface area (Å²) in [7, 11) is 0.899. The van der Waals surface area contributed by atoms with Crippen LogP contribution in [0.15, 0.2) is 18.2 Å². The third-order valence-corrected chi connectivity index (χ3v) is 4.94. The first-order valence-electron chi connectivity index (χ1n) is 6.97. The molecule has 0 aliphatic heterocycles. The van der Waals surface area contributed by atoms with Gasteiger partial charge in [-0.15, -0.1) is 0 Å². The number of hydrogen-bond donors (Lipinski definition) is 0. The molecule has 3 nitrogen and oxygen atoms in total. The van der Waals surface area contributed by atoms with E-state index >= 15 is 0 Å². The van der Waals surface area contributed by atoms with E-state index in [0.717, 1.165) is 3.70 Å². The molecular formula is C15H23IN2OSi. The van der Waals surface area contributed by atoms with E-state index in [4.69, 9.17) is 4.43 Å². The quantitative estimate of drug-likeness (QED) is 0.567. The summed E-state index contributed by atoms with van der Waals surface area (Å²) in [5.74, 6) is 0. The fourth-order valence-electron chi connectivity index (χ4n) is 2.46. The summed E-state index contributed by atoms with van der Waals surface area (Å²) >= 11 is 2.30. The Kier molecular flexibility index (Phi) is 4.61. The van der Waals surface area contributed by atoms with E-state index in [1.807, 2.05) is 11.7 Å². The summed E-state index contributed by atoms with van der Waals surface area (Å²) in [6.07, 6.45) is 0.148. The Hall–Kier alpha value is -0.403. The van der Waals surface area contributed by atoms with Crippen molar-refractivity contribution >= 4 is 42.5 Å². The Morgan fingerprint density at radius 1 is 1.30 bits per heavy atom. The van der Waals surface area contributed by atoms with Crippen molar-refractivity contribution < 1.29 is 4.43 Å². The van der Waals surface area contributed by atoms with Crippen LogP contribution in [0.2, 0.25) is 13.1 Å². The summed E-state index contributed by atoms with van der Waals surface area (Å²) in [4.78, 5) is 0. The first-order valence-corrected chi connectivity index (χ1v) is 10.8. The maximum absolute atomic E-state index is 6.31. The molecule has 5 heteroatoms. The van der Waals surface area contributed by atoms with Gasteiger partial charge in [0.15, 0.2) is 9.04 Å². The van der Waals surface area contributed by atoms with Gasteiger partial charge in [0.1, 0.15) is 3.70 Å². The molecule has 1 aromatic heterocycles. The largest absolute Gasteiger partial charge is 0.413 e. The van der Waals surface area contributed by atoms with Crippen LogP contribution in [0.25, 0.3) is 10.9 Å². The van der Waals surface area contributed by atoms with Crippen LogP contribution in [0.4, 0.5) is 0 Å². The van der Waals surface area contributed by atoms with Gasteiger partial charge in [-0.05, 0) is 58.8 Å². The van der Waals surface area contributed by atoms with Crippen molar-refractivity contribution in [1.29, 1.82) is 0 Å². The first kappa shape index (κ1) is 16.0. The Morgan fingerprint density at radius 2 is 1.95 bits per heavy atom. The van der Waals surface area contributed by atoms with Crippen LogP contribution in [0.3, 0.4) is 0 Å². The van der Waals surface area contributed by atoms with Crippen LogP contribution < -0.4 is 0 Å². The molecule has 1 aromatic carbocycles. The molecule has 1 heterocycles. The van der Waals surface area contributed by atoms with Crippen LogP contribution in [-0.4, -0.2) is 18.8 Å². The number of fused-ring (bicyclic) bond motifs is 1. The average Bonchev–Trinajstić information content (AvgIpc) is 2.60. The van der Waals surface area contributed by atoms with Crippen molar-refractivity contribution in [3.8, 4) is 0 Å². The van der Waals surface area contributed by atoms with Gasteiger partial charge in [0, 0.05) is 12.4 Å². The molecule has 1 unspecified atom stereocenters. The molecule has 0 aliphatic rings. The fraction of sp³-hybridized carbons (Fsp3) is 0.533. The standard InChI is InChI=1S/C15H23IN2OSi/c1-15(2,3)13(19-20(5)6)10-7-8-12-11(9-10)14(16)17-18(12)4/h7-9,13,20H,1-6H3. The number of nitrogens with zero attached hydrogens (tertiary/aromatic N) is 2. The second-order valence-electron chi connectivity index (χ2n) is 6.62. The van der Waals surface area contributed by atoms with Crippen molar-refractivity contribution in [2.45, 2.75) is 40.0 Å². The molecule has 0 spiro atoms. The summed E-state index contributed by atoms with van der Waals surface area (Å²) in [5, 5.41) is 5.70. The minimum absolute atomic E-state index is 0.0958. The minimum atomic E-state index is -1.09. The third kappa shape index (κ3) is 3.25. The zero-order valence-corrected chi connectivity index (χ0v) is 16.4. The lowest BCUT2D eigenvalue weighted by Crippen LogP contribution is -2.25. The smallest absolute Gasteiger partial charge is 0.171 e. The Bertz CT molecular complexity index is 616. The topological polar surface area (TPSA) is 27.1 Å². The molecule has 0 bridgehead atoms. The minimum Gasteiger partial charge on any atom is -0.413 e. The van der Waals surface area contributed by atoms with E-state index in [9.17, 15) is 0 Å². The highest BCUT2D eigenvalue weighted by Gasteiger charge is 2.28. The third-order valence-electron chi connectivity index (χ3n) is 3.33. The van der Waals surface area contributed by atoms with E-state index < -0.39 is 9.04 Å². The Morgan fingerprint density at radius 3 is 2.50 bits per heavy atom. The van der Waals surface area contributed by atoms with Gasteiger partial charge in [-0.2, -0.15) is 5.10 Å². The average molecular weight is 402 g/mol. The molecule has 0 fully saturated rings. The number of halogens is 1. The fourth-order valence-corrected chi connectivity index (χ4v) is 4.32. The first-order chi connectivity index (χ1) is 9.20. The van der Waals surface area contributed by atoms with Crippen molar-refractivity contribution in [3.05, 3.63) is 27.5 Å². The van der Waals surface area contributed by atoms with Gasteiger partial charge in [-0.3, -0.25) is 4.68 Å². The van der Waals surface area contributed by atoms with Crippen molar-refractivity contribution in [1.82, 2.24) is 9.78 Å². The predicted octanol–water partition coefficient (Wildman–Crippen LogP) is 4.27. The van der Waals surface area contributed by atoms with Crippen LogP contribution in [0.5, 0.6) is 0 Å². The van der Waals surface area contributed by atoms with Crippen LogP contribution >= 0.6 is 22.6 Å². The second-order valence-corrected chi connectivity index (χ2v) is 10.0. The molecule has 1 atom stereocenters. The van der Waals surface area contributed by atoms with Gasteiger partial charge in [-0.25, -0.2) is 0 Å². The van der Waals surface area contributed by atoms with Crippen molar-refractivity contribution in [2.24, 2.45) is 12.5 Å². The molecule has 0 aliphatic carbocycles. The second kappa shape index (κ2) is 5.77. The zero-order valence-electron chi connectivity index (χ0n) is 13.1. The summed E-state index contributed by atoms with van der Waals surface area (Å²) in [5.41, 5.74) is 2.53. The summed E-state index contributed by atoms with van der Waals surface area (Å²) < 4.78 is 9.29. The normalized spacial score (nSPS) is 14.2. The molecule has 2 rings (SSSR count). The van der Waals surface area contributed by atoms with E-state index in [-0.39, 0.29) is 11.5 Å². The molecule has 0 N–H and O–H groups in total. The molecular weight excluding hydrogens is 379 g/mol. The van der Waals surface area contributed by atoms with E-state index in [1.165, 1.54) is 16.5 Å². The number of aromatic nitrogens is 2. The maximum Gasteiger partial charge on any atom is 0.171 e. The lowest BCUT2D eigenvalue weighted by Gasteiger charge is -2.33. The van der Waals surface area contributed by atoms with Gasteiger partial charge < -0.3 is 4.43 Å². The van der Waals surface area contributed by atoms with Crippen LogP contribution in [-0.2, 0) is 11.5 Å². The monoisotopic (exact) mass is 402 g/mol. The lowest BCUT2D eigenvalue weighted by atomic mass is 9.84.